The lowest BCUT2D eigenvalue weighted by molar-refractivity contribution is 0.568. The lowest BCUT2D eigenvalue weighted by Crippen LogP contribution is -2.30. The van der Waals surface area contributed by atoms with Crippen LogP contribution in [0.5, 0.6) is 0 Å². The average Bonchev–Trinajstić information content (AvgIpc) is 2.19. The molecule has 0 spiro atoms. The van der Waals surface area contributed by atoms with Crippen molar-refractivity contribution >= 4 is 21.9 Å². The number of rotatable bonds is 1. The van der Waals surface area contributed by atoms with Crippen molar-refractivity contribution in [3.63, 3.8) is 0 Å². The summed E-state index contributed by atoms with van der Waals surface area (Å²) in [6, 6.07) is 1.85. The molecule has 1 aliphatic rings. The standard InChI is InChI=1S/C9H12BrN3/c10-8-4-5-11-9(12-8)13-6-2-1-3-7-13/h4-5H,1-3,6-7H2. The summed E-state index contributed by atoms with van der Waals surface area (Å²) in [5.74, 6) is 0.856. The third-order valence-corrected chi connectivity index (χ3v) is 2.69. The maximum Gasteiger partial charge on any atom is 0.226 e. The molecule has 2 heterocycles. The fourth-order valence-electron chi connectivity index (χ4n) is 1.57. The first-order chi connectivity index (χ1) is 6.36. The molecular formula is C9H12BrN3. The molecule has 4 heteroatoms. The topological polar surface area (TPSA) is 29.0 Å². The van der Waals surface area contributed by atoms with Crippen LogP contribution in [0.15, 0.2) is 16.9 Å². The van der Waals surface area contributed by atoms with Crippen LogP contribution in [-0.4, -0.2) is 23.1 Å². The van der Waals surface area contributed by atoms with Crippen molar-refractivity contribution in [1.82, 2.24) is 9.97 Å². The Labute approximate surface area is 86.3 Å². The molecule has 70 valence electrons. The van der Waals surface area contributed by atoms with Gasteiger partial charge in [-0.05, 0) is 41.3 Å². The Morgan fingerprint density at radius 2 is 2.00 bits per heavy atom. The highest BCUT2D eigenvalue weighted by Gasteiger charge is 2.12. The quantitative estimate of drug-likeness (QED) is 0.707. The van der Waals surface area contributed by atoms with Gasteiger partial charge >= 0.3 is 0 Å². The molecule has 0 amide bonds. The van der Waals surface area contributed by atoms with Gasteiger partial charge < -0.3 is 4.90 Å². The molecule has 1 aliphatic heterocycles. The first kappa shape index (κ1) is 8.94. The first-order valence-electron chi connectivity index (χ1n) is 4.60. The number of anilines is 1. The third-order valence-electron chi connectivity index (χ3n) is 2.25. The van der Waals surface area contributed by atoms with E-state index in [1.807, 2.05) is 6.07 Å². The fourth-order valence-corrected chi connectivity index (χ4v) is 1.85. The van der Waals surface area contributed by atoms with Crippen molar-refractivity contribution in [3.05, 3.63) is 16.9 Å². The Morgan fingerprint density at radius 3 is 2.69 bits per heavy atom. The van der Waals surface area contributed by atoms with Gasteiger partial charge in [-0.25, -0.2) is 9.97 Å². The van der Waals surface area contributed by atoms with Crippen molar-refractivity contribution < 1.29 is 0 Å². The highest BCUT2D eigenvalue weighted by Crippen LogP contribution is 2.16. The Bertz CT molecular complexity index is 284. The summed E-state index contributed by atoms with van der Waals surface area (Å²) in [5, 5.41) is 0. The van der Waals surface area contributed by atoms with Gasteiger partial charge in [0.25, 0.3) is 0 Å². The number of hydrogen-bond donors (Lipinski definition) is 0. The Balaban J connectivity index is 2.14. The van der Waals surface area contributed by atoms with E-state index in [2.05, 4.69) is 30.8 Å². The summed E-state index contributed by atoms with van der Waals surface area (Å²) in [6.07, 6.45) is 5.65. The van der Waals surface area contributed by atoms with Crippen molar-refractivity contribution in [2.24, 2.45) is 0 Å². The molecule has 1 saturated heterocycles. The van der Waals surface area contributed by atoms with E-state index in [-0.39, 0.29) is 0 Å². The van der Waals surface area contributed by atoms with Crippen LogP contribution in [0, 0.1) is 0 Å². The maximum atomic E-state index is 4.33. The molecule has 0 aliphatic carbocycles. The van der Waals surface area contributed by atoms with Crippen molar-refractivity contribution in [2.75, 3.05) is 18.0 Å². The summed E-state index contributed by atoms with van der Waals surface area (Å²) in [6.45, 7) is 2.19. The average molecular weight is 242 g/mol. The molecule has 0 saturated carbocycles. The van der Waals surface area contributed by atoms with Gasteiger partial charge in [0.05, 0.1) is 0 Å². The van der Waals surface area contributed by atoms with E-state index in [4.69, 9.17) is 0 Å². The SMILES string of the molecule is Brc1ccnc(N2CCCCC2)n1. The number of piperidine rings is 1. The normalized spacial score (nSPS) is 17.5. The minimum absolute atomic E-state index is 0.856. The van der Waals surface area contributed by atoms with Crippen LogP contribution in [0.1, 0.15) is 19.3 Å². The zero-order valence-corrected chi connectivity index (χ0v) is 9.00. The summed E-state index contributed by atoms with van der Waals surface area (Å²) in [7, 11) is 0. The van der Waals surface area contributed by atoms with Crippen molar-refractivity contribution in [2.45, 2.75) is 19.3 Å². The van der Waals surface area contributed by atoms with E-state index < -0.39 is 0 Å². The zero-order chi connectivity index (χ0) is 9.10. The smallest absolute Gasteiger partial charge is 0.226 e. The highest BCUT2D eigenvalue weighted by atomic mass is 79.9. The molecular weight excluding hydrogens is 230 g/mol. The van der Waals surface area contributed by atoms with Gasteiger partial charge in [-0.1, -0.05) is 0 Å². The van der Waals surface area contributed by atoms with E-state index in [1.54, 1.807) is 6.20 Å². The van der Waals surface area contributed by atoms with Gasteiger partial charge in [0.15, 0.2) is 0 Å². The molecule has 0 atom stereocenters. The number of halogens is 1. The summed E-state index contributed by atoms with van der Waals surface area (Å²) in [5.41, 5.74) is 0. The Hall–Kier alpha value is -0.640. The van der Waals surface area contributed by atoms with Gasteiger partial charge in [-0.15, -0.1) is 0 Å². The first-order valence-corrected chi connectivity index (χ1v) is 5.39. The van der Waals surface area contributed by atoms with E-state index in [1.165, 1.54) is 19.3 Å². The molecule has 1 aromatic rings. The van der Waals surface area contributed by atoms with Crippen LogP contribution in [0.4, 0.5) is 5.95 Å². The van der Waals surface area contributed by atoms with Gasteiger partial charge in [0, 0.05) is 19.3 Å². The van der Waals surface area contributed by atoms with Crippen LogP contribution >= 0.6 is 15.9 Å². The molecule has 0 radical (unpaired) electrons. The van der Waals surface area contributed by atoms with Gasteiger partial charge in [0.1, 0.15) is 4.60 Å². The van der Waals surface area contributed by atoms with Crippen LogP contribution < -0.4 is 4.90 Å². The monoisotopic (exact) mass is 241 g/mol. The molecule has 0 bridgehead atoms. The zero-order valence-electron chi connectivity index (χ0n) is 7.41. The molecule has 2 rings (SSSR count). The van der Waals surface area contributed by atoms with Crippen LogP contribution in [0.2, 0.25) is 0 Å². The van der Waals surface area contributed by atoms with Gasteiger partial charge in [-0.2, -0.15) is 0 Å². The molecule has 1 aromatic heterocycles. The molecule has 3 nitrogen and oxygen atoms in total. The lowest BCUT2D eigenvalue weighted by Gasteiger charge is -2.26. The van der Waals surface area contributed by atoms with Crippen LogP contribution in [0.25, 0.3) is 0 Å². The molecule has 1 fully saturated rings. The van der Waals surface area contributed by atoms with Gasteiger partial charge in [-0.3, -0.25) is 0 Å². The van der Waals surface area contributed by atoms with Crippen molar-refractivity contribution in [1.29, 1.82) is 0 Å². The molecule has 0 N–H and O–H groups in total. The second kappa shape index (κ2) is 4.05. The largest absolute Gasteiger partial charge is 0.341 e. The van der Waals surface area contributed by atoms with Crippen LogP contribution in [0.3, 0.4) is 0 Å². The lowest BCUT2D eigenvalue weighted by atomic mass is 10.1. The highest BCUT2D eigenvalue weighted by molar-refractivity contribution is 9.10. The minimum atomic E-state index is 0.856. The predicted molar refractivity (Wildman–Crippen MR) is 55.8 cm³/mol. The van der Waals surface area contributed by atoms with E-state index >= 15 is 0 Å². The molecule has 13 heavy (non-hydrogen) atoms. The van der Waals surface area contributed by atoms with E-state index in [9.17, 15) is 0 Å². The molecule has 0 unspecified atom stereocenters. The Morgan fingerprint density at radius 1 is 1.23 bits per heavy atom. The summed E-state index contributed by atoms with van der Waals surface area (Å²) in [4.78, 5) is 10.8. The van der Waals surface area contributed by atoms with E-state index in [0.29, 0.717) is 0 Å². The predicted octanol–water partition coefficient (Wildman–Crippen LogP) is 2.23. The second-order valence-electron chi connectivity index (χ2n) is 3.23. The summed E-state index contributed by atoms with van der Waals surface area (Å²) >= 11 is 3.35. The van der Waals surface area contributed by atoms with Gasteiger partial charge in [0.2, 0.25) is 5.95 Å². The Kier molecular flexibility index (Phi) is 2.78. The van der Waals surface area contributed by atoms with Crippen molar-refractivity contribution in [3.8, 4) is 0 Å². The fraction of sp³-hybridized carbons (Fsp3) is 0.556. The number of aromatic nitrogens is 2. The molecule has 0 aromatic carbocycles. The minimum Gasteiger partial charge on any atom is -0.341 e. The second-order valence-corrected chi connectivity index (χ2v) is 4.04. The number of hydrogen-bond acceptors (Lipinski definition) is 3. The van der Waals surface area contributed by atoms with E-state index in [0.717, 1.165) is 23.6 Å². The number of nitrogens with zero attached hydrogens (tertiary/aromatic N) is 3. The maximum absolute atomic E-state index is 4.33. The third kappa shape index (κ3) is 2.18. The van der Waals surface area contributed by atoms with Crippen LogP contribution in [-0.2, 0) is 0 Å². The summed E-state index contributed by atoms with van der Waals surface area (Å²) < 4.78 is 0.864.